The van der Waals surface area contributed by atoms with Gasteiger partial charge >= 0.3 is 27.1 Å². The largest absolute Gasteiger partial charge is 0.477 e. The van der Waals surface area contributed by atoms with Crippen molar-refractivity contribution in [2.75, 3.05) is 51.2 Å². The average Bonchev–Trinajstić information content (AvgIpc) is 3.61. The third-order valence-corrected chi connectivity index (χ3v) is 13.6. The molecule has 3 amide bonds. The summed E-state index contributed by atoms with van der Waals surface area (Å²) in [5.41, 5.74) is -0.850. The number of β-lactam (4-membered cyclic amide) rings is 1. The Hall–Kier alpha value is -3.36. The number of nitrogens with one attached hydrogen (secondary N) is 2. The Morgan fingerprint density at radius 2 is 1.55 bits per heavy atom. The number of amides is 3. The fourth-order valence-electron chi connectivity index (χ4n) is 4.40. The number of oxime groups is 1. The van der Waals surface area contributed by atoms with Gasteiger partial charge in [-0.15, -0.1) is 41.8 Å². The number of thiazole rings is 1. The van der Waals surface area contributed by atoms with Crippen molar-refractivity contribution in [2.24, 2.45) is 5.16 Å². The van der Waals surface area contributed by atoms with Crippen molar-refractivity contribution >= 4 is 78.8 Å². The summed E-state index contributed by atoms with van der Waals surface area (Å²) in [6.45, 7) is 5.28. The molecule has 2 atom stereocenters. The lowest BCUT2D eigenvalue weighted by Gasteiger charge is -2.49. The Labute approximate surface area is 320 Å². The minimum absolute atomic E-state index is 0.0783. The van der Waals surface area contributed by atoms with Crippen LogP contribution in [-0.4, -0.2) is 118 Å². The SMILES string of the molecule is CCOOP(=O)(OOCC)C(O)(CC(=O)Nc1nc(/C(=N/OC)C(=O)N[C@@H]2C(=O)N3C(C(=O)O)=C(COC(C)=O)CS[C@@H]23)cs1)P(=O)(OOCC)OOCC. The fraction of sp³-hybridized carbons (Fsp3) is 0.593. The molecule has 0 spiro atoms. The van der Waals surface area contributed by atoms with Gasteiger partial charge in [-0.1, -0.05) is 5.16 Å². The van der Waals surface area contributed by atoms with Crippen molar-refractivity contribution in [3.63, 3.8) is 0 Å². The normalized spacial score (nSPS) is 17.7. The smallest absolute Gasteiger partial charge is 0.428 e. The van der Waals surface area contributed by atoms with Gasteiger partial charge in [-0.05, 0) is 27.7 Å². The van der Waals surface area contributed by atoms with Crippen molar-refractivity contribution in [3.05, 3.63) is 22.3 Å². The van der Waals surface area contributed by atoms with Crippen LogP contribution in [0.3, 0.4) is 0 Å². The Morgan fingerprint density at radius 1 is 1.00 bits per heavy atom. The van der Waals surface area contributed by atoms with Crippen LogP contribution in [0, 0.1) is 0 Å². The summed E-state index contributed by atoms with van der Waals surface area (Å²) in [4.78, 5) is 91.9. The summed E-state index contributed by atoms with van der Waals surface area (Å²) in [6, 6.07) is -1.21. The fourth-order valence-corrected chi connectivity index (χ4v) is 10.2. The quantitative estimate of drug-likeness (QED) is 0.0288. The van der Waals surface area contributed by atoms with Crippen molar-refractivity contribution < 1.29 is 91.1 Å². The van der Waals surface area contributed by atoms with Crippen LogP contribution in [0.2, 0.25) is 0 Å². The van der Waals surface area contributed by atoms with E-state index in [2.05, 4.69) is 20.8 Å². The first-order valence-electron chi connectivity index (χ1n) is 15.9. The Morgan fingerprint density at radius 3 is 2.02 bits per heavy atom. The zero-order valence-electron chi connectivity index (χ0n) is 30.1. The maximum Gasteiger partial charge on any atom is 0.428 e. The van der Waals surface area contributed by atoms with Gasteiger partial charge in [-0.25, -0.2) is 29.3 Å². The van der Waals surface area contributed by atoms with Gasteiger partial charge in [0.1, 0.15) is 36.5 Å². The van der Waals surface area contributed by atoms with E-state index < -0.39 is 73.5 Å². The number of carbonyl (C=O) groups excluding carboxylic acids is 4. The number of ether oxygens (including phenoxy) is 1. The Bertz CT molecular complexity index is 1680. The second-order valence-electron chi connectivity index (χ2n) is 10.5. The highest BCUT2D eigenvalue weighted by molar-refractivity contribution is 8.00. The number of rotatable bonds is 24. The molecule has 0 radical (unpaired) electrons. The van der Waals surface area contributed by atoms with Gasteiger partial charge in [0.15, 0.2) is 10.8 Å². The number of nitrogens with zero attached hydrogens (tertiary/aromatic N) is 3. The first-order chi connectivity index (χ1) is 26.1. The number of carboxylic acids is 1. The van der Waals surface area contributed by atoms with Crippen molar-refractivity contribution in [3.8, 4) is 0 Å². The van der Waals surface area contributed by atoms with E-state index in [1.54, 1.807) is 0 Å². The molecule has 308 valence electrons. The zero-order valence-corrected chi connectivity index (χ0v) is 33.5. The summed E-state index contributed by atoms with van der Waals surface area (Å²) in [6.07, 6.45) is -1.45. The van der Waals surface area contributed by atoms with E-state index in [1.807, 2.05) is 0 Å². The van der Waals surface area contributed by atoms with E-state index in [0.717, 1.165) is 42.0 Å². The molecule has 0 unspecified atom stereocenters. The third-order valence-electron chi connectivity index (χ3n) is 6.73. The van der Waals surface area contributed by atoms with Crippen LogP contribution in [0.25, 0.3) is 0 Å². The molecule has 2 aliphatic rings. The molecule has 2 aliphatic heterocycles. The maximum absolute atomic E-state index is 14.0. The average molecular weight is 864 g/mol. The molecular formula is C27H39N5O19P2S2. The standard InChI is InChI=1S/C27H39N5O19P2S2/c1-7-44-48-52(40,49-45-8-2)27(39,53(41,50-46-9-3)51-47-10-4)11-18(34)29-26-28-17(14-55-26)19(31-42-6)22(35)30-20-23(36)32-21(25(37)38)16(12-43-15(5)33)13-54-24(20)32/h14,20,24,39H,7-13H2,1-6H3,(H,30,35)(H,37,38)(H,28,29,34)/b31-19-/t20-,24+/m1/s1. The molecule has 0 aliphatic carbocycles. The number of carbonyl (C=O) groups is 5. The third kappa shape index (κ3) is 10.7. The van der Waals surface area contributed by atoms with E-state index in [4.69, 9.17) is 47.8 Å². The highest BCUT2D eigenvalue weighted by atomic mass is 32.2. The summed E-state index contributed by atoms with van der Waals surface area (Å²) < 4.78 is 52.0. The highest BCUT2D eigenvalue weighted by Gasteiger charge is 2.69. The van der Waals surface area contributed by atoms with E-state index >= 15 is 0 Å². The van der Waals surface area contributed by atoms with E-state index in [1.165, 1.54) is 33.1 Å². The van der Waals surface area contributed by atoms with E-state index in [-0.39, 0.29) is 60.9 Å². The maximum atomic E-state index is 14.0. The number of hydrogen-bond acceptors (Lipinski definition) is 22. The van der Waals surface area contributed by atoms with Crippen LogP contribution < -0.4 is 10.6 Å². The summed E-state index contributed by atoms with van der Waals surface area (Å²) in [5, 5.41) is 26.5. The van der Waals surface area contributed by atoms with Gasteiger partial charge in [-0.2, -0.15) is 0 Å². The number of carboxylic acid groups (broad SMARTS) is 1. The molecule has 3 heterocycles. The molecule has 0 aromatic carbocycles. The number of aliphatic carboxylic acids is 1. The number of aromatic nitrogens is 1. The van der Waals surface area contributed by atoms with Crippen LogP contribution in [0.1, 0.15) is 46.7 Å². The molecule has 1 fully saturated rings. The van der Waals surface area contributed by atoms with E-state index in [0.29, 0.717) is 0 Å². The molecule has 55 heavy (non-hydrogen) atoms. The molecule has 0 bridgehead atoms. The van der Waals surface area contributed by atoms with Crippen molar-refractivity contribution in [1.29, 1.82) is 0 Å². The van der Waals surface area contributed by atoms with Gasteiger partial charge in [0, 0.05) is 23.6 Å². The molecule has 3 rings (SSSR count). The molecule has 4 N–H and O–H groups in total. The van der Waals surface area contributed by atoms with Crippen molar-refractivity contribution in [2.45, 2.75) is 57.5 Å². The van der Waals surface area contributed by atoms with Gasteiger partial charge in [0.2, 0.25) is 5.91 Å². The van der Waals surface area contributed by atoms with Gasteiger partial charge in [-0.3, -0.25) is 33.2 Å². The van der Waals surface area contributed by atoms with Crippen LogP contribution in [-0.2, 0) is 80.9 Å². The number of hydrogen-bond donors (Lipinski definition) is 4. The van der Waals surface area contributed by atoms with E-state index in [9.17, 15) is 43.3 Å². The van der Waals surface area contributed by atoms with Crippen molar-refractivity contribution in [1.82, 2.24) is 15.2 Å². The van der Waals surface area contributed by atoms with Crippen LogP contribution in [0.5, 0.6) is 0 Å². The Kier molecular flexibility index (Phi) is 17.3. The monoisotopic (exact) mass is 863 g/mol. The number of anilines is 1. The predicted octanol–water partition coefficient (Wildman–Crippen LogP) is 2.03. The molecule has 28 heteroatoms. The minimum atomic E-state index is -5.43. The number of fused-ring (bicyclic) bond motifs is 1. The highest BCUT2D eigenvalue weighted by Crippen LogP contribution is 2.78. The van der Waals surface area contributed by atoms with Crippen LogP contribution >= 0.6 is 38.3 Å². The second kappa shape index (κ2) is 20.7. The summed E-state index contributed by atoms with van der Waals surface area (Å²) in [7, 11) is -9.75. The molecule has 1 aromatic rings. The number of esters is 1. The molecule has 24 nitrogen and oxygen atoms in total. The number of thioether (sulfide) groups is 1. The lowest BCUT2D eigenvalue weighted by Crippen LogP contribution is -2.71. The molecule has 0 saturated carbocycles. The first-order valence-corrected chi connectivity index (χ1v) is 21.0. The number of aliphatic hydroxyl groups is 1. The predicted molar refractivity (Wildman–Crippen MR) is 186 cm³/mol. The molecule has 1 aromatic heterocycles. The van der Waals surface area contributed by atoms with Crippen LogP contribution in [0.15, 0.2) is 21.8 Å². The van der Waals surface area contributed by atoms with Gasteiger partial charge in [0.25, 0.3) is 16.9 Å². The first kappa shape index (κ1) is 46.0. The topological polar surface area (TPSA) is 305 Å². The van der Waals surface area contributed by atoms with Crippen LogP contribution in [0.4, 0.5) is 5.13 Å². The molecular weight excluding hydrogens is 824 g/mol. The second-order valence-corrected chi connectivity index (χ2v) is 16.9. The van der Waals surface area contributed by atoms with Gasteiger partial charge in [0.05, 0.1) is 32.8 Å². The Balaban J connectivity index is 1.85. The summed E-state index contributed by atoms with van der Waals surface area (Å²) >= 11 is 1.85. The lowest BCUT2D eigenvalue weighted by atomic mass is 10.0. The minimum Gasteiger partial charge on any atom is -0.477 e. The lowest BCUT2D eigenvalue weighted by molar-refractivity contribution is -0.282. The summed E-state index contributed by atoms with van der Waals surface area (Å²) in [5.74, 6) is -5.00. The molecule has 1 saturated heterocycles. The zero-order chi connectivity index (χ0) is 41.0. The van der Waals surface area contributed by atoms with Gasteiger partial charge < -0.3 is 30.4 Å².